The number of thiophene rings is 1. The normalized spacial score (nSPS) is 10.2. The van der Waals surface area contributed by atoms with E-state index in [-0.39, 0.29) is 23.0 Å². The number of halogens is 1. The molecule has 0 amide bonds. The summed E-state index contributed by atoms with van der Waals surface area (Å²) >= 11 is 4.44. The Bertz CT molecular complexity index is 997. The molecule has 0 aliphatic heterocycles. The topological polar surface area (TPSA) is 78.9 Å². The molecule has 162 valence electrons. The summed E-state index contributed by atoms with van der Waals surface area (Å²) < 4.78 is 22.0. The van der Waals surface area contributed by atoms with E-state index in [1.807, 2.05) is 29.8 Å². The number of thioether (sulfide) groups is 1. The summed E-state index contributed by atoms with van der Waals surface area (Å²) in [6.07, 6.45) is 1.97. The van der Waals surface area contributed by atoms with Crippen LogP contribution in [0.4, 0.5) is 10.8 Å². The van der Waals surface area contributed by atoms with Crippen molar-refractivity contribution in [3.05, 3.63) is 28.5 Å². The summed E-state index contributed by atoms with van der Waals surface area (Å²) in [6.45, 7) is 0. The number of aromatic nitrogens is 1. The molecule has 11 heteroatoms. The van der Waals surface area contributed by atoms with E-state index in [0.717, 1.165) is 21.2 Å². The molecule has 0 spiro atoms. The molecule has 2 heterocycles. The third-order valence-corrected chi connectivity index (χ3v) is 6.97. The van der Waals surface area contributed by atoms with Crippen molar-refractivity contribution in [1.29, 1.82) is 0 Å². The molecular formula is C19H21BrN2O5S3. The average Bonchev–Trinajstić information content (AvgIpc) is 3.38. The van der Waals surface area contributed by atoms with Crippen molar-refractivity contribution >= 4 is 68.2 Å². The molecule has 0 aliphatic rings. The first kappa shape index (κ1) is 24.3. The number of carbonyl (C=O) groups is 1. The maximum absolute atomic E-state index is 11.9. The van der Waals surface area contributed by atoms with Crippen LogP contribution in [0, 0.1) is 0 Å². The molecule has 0 fully saturated rings. The van der Waals surface area contributed by atoms with Crippen LogP contribution < -0.4 is 19.5 Å². The number of benzene rings is 1. The zero-order valence-corrected chi connectivity index (χ0v) is 21.1. The third-order valence-electron chi connectivity index (χ3n) is 3.97. The van der Waals surface area contributed by atoms with Crippen molar-refractivity contribution in [2.24, 2.45) is 0 Å². The minimum absolute atomic E-state index is 0. The number of carbonyl (C=O) groups excluding carboxylic acids is 1. The van der Waals surface area contributed by atoms with Crippen LogP contribution in [0.2, 0.25) is 0 Å². The van der Waals surface area contributed by atoms with E-state index in [0.29, 0.717) is 27.3 Å². The Morgan fingerprint density at radius 2 is 1.73 bits per heavy atom. The van der Waals surface area contributed by atoms with Crippen LogP contribution in [0.25, 0.3) is 11.3 Å². The quantitative estimate of drug-likeness (QED) is 0.291. The molecule has 3 aromatic rings. The number of esters is 1. The fraction of sp³-hybridized carbons (Fsp3) is 0.263. The summed E-state index contributed by atoms with van der Waals surface area (Å²) in [6, 6.07) is 5.45. The van der Waals surface area contributed by atoms with Crippen LogP contribution in [-0.4, -0.2) is 45.6 Å². The predicted molar refractivity (Wildman–Crippen MR) is 128 cm³/mol. The maximum atomic E-state index is 11.9. The van der Waals surface area contributed by atoms with E-state index >= 15 is 0 Å². The Kier molecular flexibility index (Phi) is 8.83. The Hall–Kier alpha value is -1.95. The van der Waals surface area contributed by atoms with Crippen molar-refractivity contribution in [2.75, 3.05) is 40.0 Å². The molecule has 2 aromatic heterocycles. The van der Waals surface area contributed by atoms with Gasteiger partial charge in [0.25, 0.3) is 0 Å². The summed E-state index contributed by atoms with van der Waals surface area (Å²) in [5.74, 6) is 1.29. The number of hydrogen-bond donors (Lipinski definition) is 1. The Balaban J connectivity index is 0.00000320. The number of hydrogen-bond acceptors (Lipinski definition) is 10. The number of nitrogens with one attached hydrogen (secondary N) is 1. The second-order valence-electron chi connectivity index (χ2n) is 5.58. The monoisotopic (exact) mass is 532 g/mol. The van der Waals surface area contributed by atoms with Gasteiger partial charge in [0, 0.05) is 28.8 Å². The first-order chi connectivity index (χ1) is 14.0. The van der Waals surface area contributed by atoms with Crippen molar-refractivity contribution in [1.82, 2.24) is 4.98 Å². The summed E-state index contributed by atoms with van der Waals surface area (Å²) in [7, 11) is 6.08. The second kappa shape index (κ2) is 10.9. The van der Waals surface area contributed by atoms with Gasteiger partial charge in [-0.3, -0.25) is 0 Å². The standard InChI is InChI=1S/C19H20N2O5S3.BrH/c1-23-13-6-10(7-14(24-2)16(13)25-3)20-19-21-12(9-28-19)11-8-15(17(22)26-4)29-18(11)27-5;/h6-9H,1-5H3,(H,20,21);1H. The van der Waals surface area contributed by atoms with Gasteiger partial charge in [0.2, 0.25) is 5.75 Å². The first-order valence-corrected chi connectivity index (χ1v) is 11.3. The number of methoxy groups -OCH3 is 4. The van der Waals surface area contributed by atoms with Gasteiger partial charge in [0.05, 0.1) is 38.3 Å². The number of ether oxygens (including phenoxy) is 4. The van der Waals surface area contributed by atoms with Gasteiger partial charge in [-0.25, -0.2) is 9.78 Å². The van der Waals surface area contributed by atoms with Gasteiger partial charge in [0.1, 0.15) is 4.88 Å². The molecule has 0 bridgehead atoms. The van der Waals surface area contributed by atoms with Crippen LogP contribution in [-0.2, 0) is 4.74 Å². The van der Waals surface area contributed by atoms with Gasteiger partial charge in [-0.2, -0.15) is 0 Å². The highest BCUT2D eigenvalue weighted by Crippen LogP contribution is 2.42. The van der Waals surface area contributed by atoms with Crippen molar-refractivity contribution in [3.8, 4) is 28.5 Å². The predicted octanol–water partition coefficient (Wildman–Crippen LogP) is 5.73. The zero-order valence-electron chi connectivity index (χ0n) is 16.9. The lowest BCUT2D eigenvalue weighted by Gasteiger charge is -2.14. The Morgan fingerprint density at radius 1 is 1.07 bits per heavy atom. The number of anilines is 2. The van der Waals surface area contributed by atoms with Crippen LogP contribution in [0.5, 0.6) is 17.2 Å². The lowest BCUT2D eigenvalue weighted by atomic mass is 10.2. The molecule has 0 radical (unpaired) electrons. The summed E-state index contributed by atoms with van der Waals surface area (Å²) in [5, 5.41) is 5.92. The average molecular weight is 533 g/mol. The largest absolute Gasteiger partial charge is 0.493 e. The van der Waals surface area contributed by atoms with E-state index in [4.69, 9.17) is 18.9 Å². The molecule has 0 saturated carbocycles. The summed E-state index contributed by atoms with van der Waals surface area (Å²) in [4.78, 5) is 17.1. The molecule has 0 saturated heterocycles. The molecule has 3 rings (SSSR count). The van der Waals surface area contributed by atoms with Crippen LogP contribution in [0.3, 0.4) is 0 Å². The van der Waals surface area contributed by atoms with E-state index in [1.165, 1.54) is 29.8 Å². The molecule has 1 aromatic carbocycles. The second-order valence-corrected chi connectivity index (χ2v) is 8.57. The lowest BCUT2D eigenvalue weighted by molar-refractivity contribution is 0.0606. The molecule has 0 unspecified atom stereocenters. The fourth-order valence-electron chi connectivity index (χ4n) is 2.64. The van der Waals surface area contributed by atoms with E-state index in [1.54, 1.807) is 33.1 Å². The highest BCUT2D eigenvalue weighted by atomic mass is 79.9. The minimum atomic E-state index is -0.345. The molecular weight excluding hydrogens is 512 g/mol. The van der Waals surface area contributed by atoms with E-state index in [2.05, 4.69) is 10.3 Å². The smallest absolute Gasteiger partial charge is 0.348 e. The van der Waals surface area contributed by atoms with Crippen molar-refractivity contribution in [2.45, 2.75) is 4.21 Å². The third kappa shape index (κ3) is 5.02. The minimum Gasteiger partial charge on any atom is -0.493 e. The summed E-state index contributed by atoms with van der Waals surface area (Å²) in [5.41, 5.74) is 2.46. The van der Waals surface area contributed by atoms with E-state index < -0.39 is 0 Å². The van der Waals surface area contributed by atoms with Gasteiger partial charge in [-0.1, -0.05) is 0 Å². The Morgan fingerprint density at radius 3 is 2.27 bits per heavy atom. The van der Waals surface area contributed by atoms with Gasteiger partial charge in [-0.15, -0.1) is 51.4 Å². The molecule has 30 heavy (non-hydrogen) atoms. The SMILES string of the molecule is Br.COC(=O)c1cc(-c2csc(Nc3cc(OC)c(OC)c(OC)c3)n2)c(SC)s1. The highest BCUT2D eigenvalue weighted by molar-refractivity contribution is 8.93. The van der Waals surface area contributed by atoms with Gasteiger partial charge in [0.15, 0.2) is 16.6 Å². The fourth-order valence-corrected chi connectivity index (χ4v) is 5.17. The molecule has 1 N–H and O–H groups in total. The molecule has 0 atom stereocenters. The molecule has 7 nitrogen and oxygen atoms in total. The van der Waals surface area contributed by atoms with Crippen LogP contribution in [0.1, 0.15) is 9.67 Å². The van der Waals surface area contributed by atoms with Gasteiger partial charge in [-0.05, 0) is 12.3 Å². The van der Waals surface area contributed by atoms with Crippen LogP contribution in [0.15, 0.2) is 27.8 Å². The number of rotatable bonds is 8. The van der Waals surface area contributed by atoms with E-state index in [9.17, 15) is 4.79 Å². The van der Waals surface area contributed by atoms with Crippen molar-refractivity contribution < 1.29 is 23.7 Å². The number of thiazole rings is 1. The zero-order chi connectivity index (χ0) is 21.0. The van der Waals surface area contributed by atoms with Crippen LogP contribution >= 0.6 is 51.4 Å². The molecule has 0 aliphatic carbocycles. The van der Waals surface area contributed by atoms with Gasteiger partial charge < -0.3 is 24.3 Å². The van der Waals surface area contributed by atoms with Crippen molar-refractivity contribution in [3.63, 3.8) is 0 Å². The Labute approximate surface area is 197 Å². The van der Waals surface area contributed by atoms with Gasteiger partial charge >= 0.3 is 5.97 Å². The highest BCUT2D eigenvalue weighted by Gasteiger charge is 2.19. The first-order valence-electron chi connectivity index (χ1n) is 8.33. The maximum Gasteiger partial charge on any atom is 0.348 e. The lowest BCUT2D eigenvalue weighted by Crippen LogP contribution is -1.97. The number of nitrogens with zero attached hydrogens (tertiary/aromatic N) is 1.